The summed E-state index contributed by atoms with van der Waals surface area (Å²) in [5.41, 5.74) is 3.58. The van der Waals surface area contributed by atoms with E-state index in [0.717, 1.165) is 42.4 Å². The van der Waals surface area contributed by atoms with Gasteiger partial charge in [-0.1, -0.05) is 46.6 Å². The smallest absolute Gasteiger partial charge is 0.320 e. The van der Waals surface area contributed by atoms with Gasteiger partial charge in [0.1, 0.15) is 5.92 Å². The van der Waals surface area contributed by atoms with E-state index in [2.05, 4.69) is 36.0 Å². The highest BCUT2D eigenvalue weighted by Crippen LogP contribution is 2.36. The van der Waals surface area contributed by atoms with Crippen LogP contribution in [0.4, 0.5) is 0 Å². The summed E-state index contributed by atoms with van der Waals surface area (Å²) in [6.07, 6.45) is 3.81. The Hall–Kier alpha value is -3.12. The number of rotatable bonds is 11. The van der Waals surface area contributed by atoms with Crippen LogP contribution in [0, 0.1) is 29.6 Å². The number of nitriles is 2. The van der Waals surface area contributed by atoms with E-state index in [1.807, 2.05) is 26.8 Å². The molecule has 0 amide bonds. The second kappa shape index (κ2) is 11.9. The van der Waals surface area contributed by atoms with Crippen LogP contribution in [0.15, 0.2) is 18.2 Å². The van der Waals surface area contributed by atoms with Crippen molar-refractivity contribution in [2.75, 3.05) is 13.2 Å². The SMILES string of the molecule is CCCCOc1nc(OCCCC)c(C(C)C)c(C(C#N)c2cc(C)cc(C#N)c2)n1. The molecule has 0 N–H and O–H groups in total. The predicted octanol–water partition coefficient (Wildman–Crippen LogP) is 5.79. The highest BCUT2D eigenvalue weighted by atomic mass is 16.5. The lowest BCUT2D eigenvalue weighted by atomic mass is 9.88. The molecule has 0 spiro atoms. The molecule has 1 heterocycles. The van der Waals surface area contributed by atoms with E-state index >= 15 is 0 Å². The van der Waals surface area contributed by atoms with Crippen LogP contribution >= 0.6 is 0 Å². The number of aromatic nitrogens is 2. The van der Waals surface area contributed by atoms with Gasteiger partial charge in [0.2, 0.25) is 5.88 Å². The molecule has 0 aliphatic rings. The second-order valence-corrected chi connectivity index (χ2v) is 7.98. The van der Waals surface area contributed by atoms with Crippen molar-refractivity contribution in [2.24, 2.45) is 0 Å². The molecule has 0 fully saturated rings. The summed E-state index contributed by atoms with van der Waals surface area (Å²) in [5.74, 6) is -0.129. The van der Waals surface area contributed by atoms with Gasteiger partial charge in [-0.15, -0.1) is 0 Å². The van der Waals surface area contributed by atoms with Crippen molar-refractivity contribution in [3.8, 4) is 24.0 Å². The summed E-state index contributed by atoms with van der Waals surface area (Å²) in [6, 6.07) is 10.3. The number of hydrogen-bond donors (Lipinski definition) is 0. The van der Waals surface area contributed by atoms with E-state index in [0.29, 0.717) is 30.4 Å². The monoisotopic (exact) mass is 420 g/mol. The summed E-state index contributed by atoms with van der Waals surface area (Å²) in [6.45, 7) is 11.2. The molecule has 0 aliphatic heterocycles. The van der Waals surface area contributed by atoms with E-state index in [4.69, 9.17) is 9.47 Å². The van der Waals surface area contributed by atoms with Gasteiger partial charge in [0, 0.05) is 5.56 Å². The first kappa shape index (κ1) is 24.2. The minimum Gasteiger partial charge on any atom is -0.477 e. The first-order valence-electron chi connectivity index (χ1n) is 11.0. The fourth-order valence-corrected chi connectivity index (χ4v) is 3.34. The molecule has 2 aromatic rings. The Balaban J connectivity index is 2.64. The zero-order chi connectivity index (χ0) is 22.8. The van der Waals surface area contributed by atoms with Crippen LogP contribution in [0.25, 0.3) is 0 Å². The first-order chi connectivity index (χ1) is 14.9. The molecule has 164 valence electrons. The van der Waals surface area contributed by atoms with Gasteiger partial charge in [0.25, 0.3) is 0 Å². The number of ether oxygens (including phenoxy) is 2. The molecule has 1 aromatic carbocycles. The van der Waals surface area contributed by atoms with E-state index < -0.39 is 5.92 Å². The standard InChI is InChI=1S/C25H32N4O2/c1-6-8-10-30-24-22(17(3)4)23(28-25(29-24)31-11-9-7-2)21(16-27)20-13-18(5)12-19(14-20)15-26/h12-14,17,21H,6-11H2,1-5H3. The Labute approximate surface area is 185 Å². The van der Waals surface area contributed by atoms with Gasteiger partial charge in [0.05, 0.1) is 36.6 Å². The number of aryl methyl sites for hydroxylation is 1. The maximum atomic E-state index is 10.1. The van der Waals surface area contributed by atoms with Crippen LogP contribution in [0.2, 0.25) is 0 Å². The lowest BCUT2D eigenvalue weighted by molar-refractivity contribution is 0.260. The summed E-state index contributed by atoms with van der Waals surface area (Å²) < 4.78 is 11.8. The van der Waals surface area contributed by atoms with E-state index in [9.17, 15) is 10.5 Å². The Kier molecular flexibility index (Phi) is 9.28. The summed E-state index contributed by atoms with van der Waals surface area (Å²) in [4.78, 5) is 9.21. The summed E-state index contributed by atoms with van der Waals surface area (Å²) in [5, 5.41) is 19.5. The van der Waals surface area contributed by atoms with Crippen molar-refractivity contribution in [2.45, 2.75) is 72.1 Å². The van der Waals surface area contributed by atoms with Crippen LogP contribution in [0.3, 0.4) is 0 Å². The molecule has 1 atom stereocenters. The highest BCUT2D eigenvalue weighted by Gasteiger charge is 2.27. The van der Waals surface area contributed by atoms with Crippen LogP contribution in [-0.4, -0.2) is 23.2 Å². The molecule has 1 unspecified atom stereocenters. The highest BCUT2D eigenvalue weighted by molar-refractivity contribution is 5.48. The van der Waals surface area contributed by atoms with Crippen LogP contribution < -0.4 is 9.47 Å². The van der Waals surface area contributed by atoms with Gasteiger partial charge in [0.15, 0.2) is 0 Å². The molecule has 0 saturated heterocycles. The Morgan fingerprint density at radius 3 is 2.23 bits per heavy atom. The Morgan fingerprint density at radius 2 is 1.65 bits per heavy atom. The Morgan fingerprint density at radius 1 is 0.968 bits per heavy atom. The minimum atomic E-state index is -0.658. The molecular formula is C25H32N4O2. The fraction of sp³-hybridized carbons (Fsp3) is 0.520. The van der Waals surface area contributed by atoms with Gasteiger partial charge in [-0.2, -0.15) is 20.5 Å². The molecule has 31 heavy (non-hydrogen) atoms. The van der Waals surface area contributed by atoms with Crippen molar-refractivity contribution in [1.29, 1.82) is 10.5 Å². The fourth-order valence-electron chi connectivity index (χ4n) is 3.34. The lowest BCUT2D eigenvalue weighted by Crippen LogP contribution is -2.14. The summed E-state index contributed by atoms with van der Waals surface area (Å²) in [7, 11) is 0. The van der Waals surface area contributed by atoms with Gasteiger partial charge in [-0.3, -0.25) is 0 Å². The van der Waals surface area contributed by atoms with E-state index in [1.165, 1.54) is 0 Å². The molecular weight excluding hydrogens is 388 g/mol. The molecule has 1 aromatic heterocycles. The van der Waals surface area contributed by atoms with E-state index in [-0.39, 0.29) is 11.9 Å². The zero-order valence-electron chi connectivity index (χ0n) is 19.2. The number of benzene rings is 1. The zero-order valence-corrected chi connectivity index (χ0v) is 19.2. The molecule has 6 nitrogen and oxygen atoms in total. The Bertz CT molecular complexity index is 957. The third-order valence-corrected chi connectivity index (χ3v) is 4.93. The van der Waals surface area contributed by atoms with Crippen molar-refractivity contribution in [3.05, 3.63) is 46.1 Å². The van der Waals surface area contributed by atoms with Crippen molar-refractivity contribution >= 4 is 0 Å². The quantitative estimate of drug-likeness (QED) is 0.427. The number of hydrogen-bond acceptors (Lipinski definition) is 6. The minimum absolute atomic E-state index is 0.0485. The van der Waals surface area contributed by atoms with Gasteiger partial charge < -0.3 is 9.47 Å². The maximum absolute atomic E-state index is 10.1. The van der Waals surface area contributed by atoms with Crippen LogP contribution in [-0.2, 0) is 0 Å². The molecule has 0 bridgehead atoms. The molecule has 0 radical (unpaired) electrons. The summed E-state index contributed by atoms with van der Waals surface area (Å²) >= 11 is 0. The van der Waals surface area contributed by atoms with Gasteiger partial charge in [-0.25, -0.2) is 0 Å². The molecule has 2 rings (SSSR count). The lowest BCUT2D eigenvalue weighted by Gasteiger charge is -2.21. The average Bonchev–Trinajstić information content (AvgIpc) is 2.74. The normalized spacial score (nSPS) is 11.6. The number of nitrogens with zero attached hydrogens (tertiary/aromatic N) is 4. The maximum Gasteiger partial charge on any atom is 0.320 e. The second-order valence-electron chi connectivity index (χ2n) is 7.98. The van der Waals surface area contributed by atoms with Gasteiger partial charge >= 0.3 is 6.01 Å². The van der Waals surface area contributed by atoms with Crippen LogP contribution in [0.5, 0.6) is 11.9 Å². The largest absolute Gasteiger partial charge is 0.477 e. The molecule has 0 saturated carbocycles. The van der Waals surface area contributed by atoms with Crippen molar-refractivity contribution < 1.29 is 9.47 Å². The third kappa shape index (κ3) is 6.43. The average molecular weight is 421 g/mol. The van der Waals surface area contributed by atoms with Crippen molar-refractivity contribution in [3.63, 3.8) is 0 Å². The molecule has 0 aliphatic carbocycles. The number of unbranched alkanes of at least 4 members (excludes halogenated alkanes) is 2. The third-order valence-electron chi connectivity index (χ3n) is 4.93. The topological polar surface area (TPSA) is 91.8 Å². The van der Waals surface area contributed by atoms with Gasteiger partial charge in [-0.05, 0) is 48.9 Å². The van der Waals surface area contributed by atoms with Crippen molar-refractivity contribution in [1.82, 2.24) is 9.97 Å². The molecule has 6 heteroatoms. The van der Waals surface area contributed by atoms with E-state index in [1.54, 1.807) is 12.1 Å². The first-order valence-corrected chi connectivity index (χ1v) is 11.0. The van der Waals surface area contributed by atoms with Crippen LogP contribution in [0.1, 0.15) is 93.2 Å². The predicted molar refractivity (Wildman–Crippen MR) is 120 cm³/mol.